The minimum absolute atomic E-state index is 0.0113. The van der Waals surface area contributed by atoms with Gasteiger partial charge in [-0.1, -0.05) is 12.1 Å². The number of aliphatic hydroxyl groups is 1. The van der Waals surface area contributed by atoms with Gasteiger partial charge >= 0.3 is 0 Å². The van der Waals surface area contributed by atoms with Gasteiger partial charge in [-0.3, -0.25) is 4.79 Å². The van der Waals surface area contributed by atoms with Gasteiger partial charge in [0.15, 0.2) is 0 Å². The van der Waals surface area contributed by atoms with Crippen molar-refractivity contribution in [3.05, 3.63) is 59.2 Å². The lowest BCUT2D eigenvalue weighted by molar-refractivity contribution is 0.102. The van der Waals surface area contributed by atoms with Crippen LogP contribution in [0, 0.1) is 6.92 Å². The number of benzene rings is 2. The van der Waals surface area contributed by atoms with Crippen molar-refractivity contribution in [1.82, 2.24) is 0 Å². The van der Waals surface area contributed by atoms with Gasteiger partial charge in [0.2, 0.25) is 0 Å². The van der Waals surface area contributed by atoms with Crippen molar-refractivity contribution in [1.29, 1.82) is 0 Å². The number of aliphatic hydroxyl groups excluding tert-OH is 1. The normalized spacial score (nSPS) is 10.2. The van der Waals surface area contributed by atoms with Crippen molar-refractivity contribution >= 4 is 17.3 Å². The van der Waals surface area contributed by atoms with E-state index in [9.17, 15) is 4.79 Å². The molecule has 0 aliphatic rings. The third kappa shape index (κ3) is 3.33. The number of nitrogens with one attached hydrogen (secondary N) is 1. The summed E-state index contributed by atoms with van der Waals surface area (Å²) < 4.78 is 0. The maximum atomic E-state index is 12.1. The number of nitrogens with two attached hydrogens (primary N) is 1. The van der Waals surface area contributed by atoms with Crippen LogP contribution in [0.3, 0.4) is 0 Å². The van der Waals surface area contributed by atoms with Gasteiger partial charge in [0.05, 0.1) is 6.61 Å². The summed E-state index contributed by atoms with van der Waals surface area (Å²) in [5.41, 5.74) is 9.25. The maximum Gasteiger partial charge on any atom is 0.255 e. The van der Waals surface area contributed by atoms with E-state index >= 15 is 0 Å². The SMILES string of the molecule is Cc1cc(N)cc(C(=O)Nc2ccc(CO)cc2)c1. The van der Waals surface area contributed by atoms with E-state index in [1.165, 1.54) is 0 Å². The summed E-state index contributed by atoms with van der Waals surface area (Å²) >= 11 is 0. The Kier molecular flexibility index (Phi) is 3.82. The lowest BCUT2D eigenvalue weighted by Gasteiger charge is -2.07. The zero-order valence-corrected chi connectivity index (χ0v) is 10.7. The minimum Gasteiger partial charge on any atom is -0.399 e. The van der Waals surface area contributed by atoms with Crippen LogP contribution in [-0.2, 0) is 6.61 Å². The predicted octanol–water partition coefficient (Wildman–Crippen LogP) is 2.32. The zero-order chi connectivity index (χ0) is 13.8. The van der Waals surface area contributed by atoms with E-state index in [2.05, 4.69) is 5.32 Å². The van der Waals surface area contributed by atoms with Crippen molar-refractivity contribution in [2.24, 2.45) is 0 Å². The van der Waals surface area contributed by atoms with Crippen LogP contribution in [-0.4, -0.2) is 11.0 Å². The first-order chi connectivity index (χ1) is 9.08. The fourth-order valence-electron chi connectivity index (χ4n) is 1.84. The molecule has 4 N–H and O–H groups in total. The smallest absolute Gasteiger partial charge is 0.255 e. The molecule has 0 heterocycles. The number of carbonyl (C=O) groups excluding carboxylic acids is 1. The molecule has 1 amide bonds. The highest BCUT2D eigenvalue weighted by Crippen LogP contribution is 2.15. The quantitative estimate of drug-likeness (QED) is 0.738. The van der Waals surface area contributed by atoms with E-state index in [1.54, 1.807) is 36.4 Å². The molecule has 98 valence electrons. The Labute approximate surface area is 111 Å². The zero-order valence-electron chi connectivity index (χ0n) is 10.7. The summed E-state index contributed by atoms with van der Waals surface area (Å²) in [5, 5.41) is 11.7. The number of hydrogen-bond acceptors (Lipinski definition) is 3. The van der Waals surface area contributed by atoms with Crippen LogP contribution in [0.1, 0.15) is 21.5 Å². The van der Waals surface area contributed by atoms with Gasteiger partial charge in [0.1, 0.15) is 0 Å². The molecule has 2 rings (SSSR count). The molecule has 0 atom stereocenters. The van der Waals surface area contributed by atoms with Crippen LogP contribution >= 0.6 is 0 Å². The number of rotatable bonds is 3. The molecule has 0 aliphatic heterocycles. The van der Waals surface area contributed by atoms with Crippen LogP contribution in [0.5, 0.6) is 0 Å². The van der Waals surface area contributed by atoms with E-state index in [-0.39, 0.29) is 12.5 Å². The van der Waals surface area contributed by atoms with Crippen molar-refractivity contribution in [3.63, 3.8) is 0 Å². The number of aryl methyl sites for hydroxylation is 1. The number of anilines is 2. The Morgan fingerprint density at radius 2 is 1.89 bits per heavy atom. The van der Waals surface area contributed by atoms with Gasteiger partial charge in [-0.2, -0.15) is 0 Å². The second-order valence-corrected chi connectivity index (χ2v) is 4.44. The van der Waals surface area contributed by atoms with E-state index in [4.69, 9.17) is 10.8 Å². The van der Waals surface area contributed by atoms with Gasteiger partial charge in [0.25, 0.3) is 5.91 Å². The van der Waals surface area contributed by atoms with E-state index in [1.807, 2.05) is 13.0 Å². The summed E-state index contributed by atoms with van der Waals surface area (Å²) in [6, 6.07) is 12.3. The van der Waals surface area contributed by atoms with Crippen LogP contribution in [0.15, 0.2) is 42.5 Å². The maximum absolute atomic E-state index is 12.1. The molecule has 4 heteroatoms. The van der Waals surface area contributed by atoms with Crippen LogP contribution < -0.4 is 11.1 Å². The summed E-state index contributed by atoms with van der Waals surface area (Å²) in [6.45, 7) is 1.88. The first kappa shape index (κ1) is 13.1. The number of amides is 1. The average molecular weight is 256 g/mol. The highest BCUT2D eigenvalue weighted by molar-refractivity contribution is 6.04. The predicted molar refractivity (Wildman–Crippen MR) is 75.9 cm³/mol. The molecular formula is C15H16N2O2. The number of hydrogen-bond donors (Lipinski definition) is 3. The molecule has 0 aliphatic carbocycles. The molecule has 0 bridgehead atoms. The van der Waals surface area contributed by atoms with Crippen molar-refractivity contribution in [3.8, 4) is 0 Å². The fourth-order valence-corrected chi connectivity index (χ4v) is 1.84. The second kappa shape index (κ2) is 5.54. The molecule has 0 fully saturated rings. The highest BCUT2D eigenvalue weighted by Gasteiger charge is 2.07. The van der Waals surface area contributed by atoms with E-state index in [0.717, 1.165) is 11.1 Å². The molecule has 0 saturated heterocycles. The molecule has 19 heavy (non-hydrogen) atoms. The highest BCUT2D eigenvalue weighted by atomic mass is 16.3. The topological polar surface area (TPSA) is 75.4 Å². The van der Waals surface area contributed by atoms with Gasteiger partial charge in [0, 0.05) is 16.9 Å². The van der Waals surface area contributed by atoms with Crippen LogP contribution in [0.2, 0.25) is 0 Å². The Bertz CT molecular complexity index is 571. The Morgan fingerprint density at radius 3 is 2.47 bits per heavy atom. The van der Waals surface area contributed by atoms with Crippen LogP contribution in [0.25, 0.3) is 0 Å². The first-order valence-electron chi connectivity index (χ1n) is 5.97. The second-order valence-electron chi connectivity index (χ2n) is 4.44. The van der Waals surface area contributed by atoms with Crippen molar-refractivity contribution in [2.75, 3.05) is 11.1 Å². The summed E-state index contributed by atoms with van der Waals surface area (Å²) in [6.07, 6.45) is 0. The third-order valence-electron chi connectivity index (χ3n) is 2.76. The molecule has 4 nitrogen and oxygen atoms in total. The Hall–Kier alpha value is -2.33. The monoisotopic (exact) mass is 256 g/mol. The Morgan fingerprint density at radius 1 is 1.21 bits per heavy atom. The number of nitrogen functional groups attached to an aromatic ring is 1. The van der Waals surface area contributed by atoms with Crippen molar-refractivity contribution in [2.45, 2.75) is 13.5 Å². The molecular weight excluding hydrogens is 240 g/mol. The largest absolute Gasteiger partial charge is 0.399 e. The summed E-state index contributed by atoms with van der Waals surface area (Å²) in [5.74, 6) is -0.202. The Balaban J connectivity index is 2.15. The summed E-state index contributed by atoms with van der Waals surface area (Å²) in [4.78, 5) is 12.1. The molecule has 0 unspecified atom stereocenters. The standard InChI is InChI=1S/C15H16N2O2/c1-10-6-12(8-13(16)7-10)15(19)17-14-4-2-11(9-18)3-5-14/h2-8,18H,9,16H2,1H3,(H,17,19). The van der Waals surface area contributed by atoms with E-state index in [0.29, 0.717) is 16.9 Å². The molecule has 0 spiro atoms. The summed E-state index contributed by atoms with van der Waals surface area (Å²) in [7, 11) is 0. The average Bonchev–Trinajstić information content (AvgIpc) is 2.38. The third-order valence-corrected chi connectivity index (χ3v) is 2.76. The van der Waals surface area contributed by atoms with Crippen LogP contribution in [0.4, 0.5) is 11.4 Å². The number of carbonyl (C=O) groups is 1. The lowest BCUT2D eigenvalue weighted by atomic mass is 10.1. The first-order valence-corrected chi connectivity index (χ1v) is 5.97. The van der Waals surface area contributed by atoms with Gasteiger partial charge < -0.3 is 16.2 Å². The molecule has 0 radical (unpaired) electrons. The molecule has 2 aromatic carbocycles. The van der Waals surface area contributed by atoms with Gasteiger partial charge in [-0.25, -0.2) is 0 Å². The molecule has 0 saturated carbocycles. The van der Waals surface area contributed by atoms with E-state index < -0.39 is 0 Å². The van der Waals surface area contributed by atoms with Crippen molar-refractivity contribution < 1.29 is 9.90 Å². The van der Waals surface area contributed by atoms with Gasteiger partial charge in [-0.15, -0.1) is 0 Å². The van der Waals surface area contributed by atoms with Gasteiger partial charge in [-0.05, 0) is 48.4 Å². The molecule has 2 aromatic rings. The minimum atomic E-state index is -0.202. The molecule has 0 aromatic heterocycles. The fraction of sp³-hybridized carbons (Fsp3) is 0.133. The lowest BCUT2D eigenvalue weighted by Crippen LogP contribution is -2.12.